The van der Waals surface area contributed by atoms with Crippen molar-refractivity contribution in [3.05, 3.63) is 34.3 Å². The van der Waals surface area contributed by atoms with Crippen molar-refractivity contribution in [1.29, 1.82) is 0 Å². The van der Waals surface area contributed by atoms with Gasteiger partial charge in [-0.05, 0) is 12.0 Å². The number of hydrogen-bond donors (Lipinski definition) is 2. The van der Waals surface area contributed by atoms with Gasteiger partial charge in [-0.25, -0.2) is 0 Å². The topological polar surface area (TPSA) is 58.6 Å². The maximum absolute atomic E-state index is 12.2. The number of hydrogen-bond acceptors (Lipinski definition) is 4. The fraction of sp³-hybridized carbons (Fsp3) is 0.417. The first-order valence-electron chi connectivity index (χ1n) is 5.50. The molecule has 3 rings (SSSR count). The standard InChI is InChI=1S/C12H13NO3/c1-2-6-5-16-9-4-8-7(3-10(14)13-8)12(15)11(6)9/h4,10,13-14H,2-3,5H2,1H3. The molecule has 4 heteroatoms. The van der Waals surface area contributed by atoms with Crippen molar-refractivity contribution in [3.8, 4) is 0 Å². The third-order valence-corrected chi connectivity index (χ3v) is 3.25. The minimum Gasteiger partial charge on any atom is -0.488 e. The highest BCUT2D eigenvalue weighted by Gasteiger charge is 2.37. The minimum absolute atomic E-state index is 0.0194. The molecule has 84 valence electrons. The van der Waals surface area contributed by atoms with E-state index < -0.39 is 6.23 Å². The van der Waals surface area contributed by atoms with Gasteiger partial charge in [-0.3, -0.25) is 4.79 Å². The quantitative estimate of drug-likeness (QED) is 0.683. The zero-order valence-corrected chi connectivity index (χ0v) is 9.04. The van der Waals surface area contributed by atoms with Gasteiger partial charge >= 0.3 is 0 Å². The molecule has 4 nitrogen and oxygen atoms in total. The Morgan fingerprint density at radius 1 is 1.62 bits per heavy atom. The van der Waals surface area contributed by atoms with Crippen LogP contribution >= 0.6 is 0 Å². The normalized spacial score (nSPS) is 27.5. The number of carbonyl (C=O) groups is 1. The number of rotatable bonds is 1. The number of fused-ring (bicyclic) bond motifs is 1. The molecular weight excluding hydrogens is 206 g/mol. The summed E-state index contributed by atoms with van der Waals surface area (Å²) < 4.78 is 5.48. The Kier molecular flexibility index (Phi) is 1.94. The summed E-state index contributed by atoms with van der Waals surface area (Å²) in [6.07, 6.45) is 2.40. The second kappa shape index (κ2) is 3.22. The van der Waals surface area contributed by atoms with E-state index in [-0.39, 0.29) is 5.78 Å². The van der Waals surface area contributed by atoms with Gasteiger partial charge in [-0.15, -0.1) is 0 Å². The Labute approximate surface area is 93.3 Å². The molecule has 0 saturated carbocycles. The predicted molar refractivity (Wildman–Crippen MR) is 57.1 cm³/mol. The molecule has 0 fully saturated rings. The summed E-state index contributed by atoms with van der Waals surface area (Å²) >= 11 is 0. The highest BCUT2D eigenvalue weighted by atomic mass is 16.5. The van der Waals surface area contributed by atoms with Crippen LogP contribution in [0.3, 0.4) is 0 Å². The average molecular weight is 219 g/mol. The molecule has 0 aromatic rings. The molecule has 2 heterocycles. The number of ketones is 1. The van der Waals surface area contributed by atoms with E-state index in [4.69, 9.17) is 4.74 Å². The molecule has 2 N–H and O–H groups in total. The lowest BCUT2D eigenvalue weighted by molar-refractivity contribution is -0.112. The smallest absolute Gasteiger partial charge is 0.195 e. The van der Waals surface area contributed by atoms with E-state index in [1.54, 1.807) is 0 Å². The van der Waals surface area contributed by atoms with Crippen LogP contribution in [-0.4, -0.2) is 23.7 Å². The maximum atomic E-state index is 12.2. The van der Waals surface area contributed by atoms with Crippen LogP contribution in [0.1, 0.15) is 19.8 Å². The maximum Gasteiger partial charge on any atom is 0.195 e. The molecule has 0 amide bonds. The molecule has 0 spiro atoms. The summed E-state index contributed by atoms with van der Waals surface area (Å²) in [6, 6.07) is 0. The first-order valence-corrected chi connectivity index (χ1v) is 5.50. The minimum atomic E-state index is -0.643. The zero-order chi connectivity index (χ0) is 11.3. The third kappa shape index (κ3) is 1.16. The average Bonchev–Trinajstić information content (AvgIpc) is 2.81. The van der Waals surface area contributed by atoms with Crippen LogP contribution in [0.5, 0.6) is 0 Å². The van der Waals surface area contributed by atoms with Gasteiger partial charge in [0.2, 0.25) is 0 Å². The van der Waals surface area contributed by atoms with E-state index in [2.05, 4.69) is 5.32 Å². The lowest BCUT2D eigenvalue weighted by Crippen LogP contribution is -2.20. The highest BCUT2D eigenvalue weighted by Crippen LogP contribution is 2.37. The number of nitrogens with one attached hydrogen (secondary N) is 1. The SMILES string of the molecule is CCC1=C2C(=O)C3=C(C=C2OC1)NC(O)C3. The molecule has 3 aliphatic rings. The number of carbonyl (C=O) groups excluding carboxylic acids is 1. The van der Waals surface area contributed by atoms with Gasteiger partial charge in [-0.2, -0.15) is 0 Å². The van der Waals surface area contributed by atoms with Crippen molar-refractivity contribution in [3.63, 3.8) is 0 Å². The van der Waals surface area contributed by atoms with Gasteiger partial charge in [0.05, 0.1) is 5.57 Å². The van der Waals surface area contributed by atoms with Crippen molar-refractivity contribution in [2.75, 3.05) is 6.61 Å². The number of aliphatic hydroxyl groups excluding tert-OH is 1. The van der Waals surface area contributed by atoms with Gasteiger partial charge in [0.25, 0.3) is 0 Å². The van der Waals surface area contributed by atoms with Crippen molar-refractivity contribution >= 4 is 5.78 Å². The number of ether oxygens (including phenoxy) is 1. The molecule has 0 radical (unpaired) electrons. The van der Waals surface area contributed by atoms with Crippen LogP contribution in [0.4, 0.5) is 0 Å². The Morgan fingerprint density at radius 2 is 2.44 bits per heavy atom. The fourth-order valence-electron chi connectivity index (χ4n) is 2.40. The molecule has 0 saturated heterocycles. The lowest BCUT2D eigenvalue weighted by atomic mass is 9.91. The molecule has 0 aromatic heterocycles. The van der Waals surface area contributed by atoms with Crippen molar-refractivity contribution < 1.29 is 14.6 Å². The van der Waals surface area contributed by atoms with Crippen LogP contribution in [0.15, 0.2) is 34.3 Å². The molecule has 2 aliphatic heterocycles. The van der Waals surface area contributed by atoms with Gasteiger partial charge < -0.3 is 15.2 Å². The molecule has 0 aromatic carbocycles. The predicted octanol–water partition coefficient (Wildman–Crippen LogP) is 0.756. The number of allylic oxidation sites excluding steroid dienone is 2. The van der Waals surface area contributed by atoms with Crippen LogP contribution in [0.2, 0.25) is 0 Å². The van der Waals surface area contributed by atoms with Crippen molar-refractivity contribution in [1.82, 2.24) is 5.32 Å². The van der Waals surface area contributed by atoms with E-state index in [0.717, 1.165) is 17.6 Å². The molecule has 16 heavy (non-hydrogen) atoms. The van der Waals surface area contributed by atoms with Gasteiger partial charge in [0.15, 0.2) is 5.78 Å². The van der Waals surface area contributed by atoms with E-state index in [1.807, 2.05) is 13.0 Å². The van der Waals surface area contributed by atoms with E-state index in [9.17, 15) is 9.90 Å². The summed E-state index contributed by atoms with van der Waals surface area (Å²) in [7, 11) is 0. The van der Waals surface area contributed by atoms with Crippen LogP contribution in [0, 0.1) is 0 Å². The molecule has 1 atom stereocenters. The number of Topliss-reactive ketones (excluding diaryl/α,β-unsaturated/α-hetero) is 1. The van der Waals surface area contributed by atoms with Crippen molar-refractivity contribution in [2.24, 2.45) is 0 Å². The summed E-state index contributed by atoms with van der Waals surface area (Å²) in [5.41, 5.74) is 3.18. The molecular formula is C12H13NO3. The summed E-state index contributed by atoms with van der Waals surface area (Å²) in [4.78, 5) is 12.2. The first-order chi connectivity index (χ1) is 7.70. The van der Waals surface area contributed by atoms with Crippen LogP contribution in [0.25, 0.3) is 0 Å². The van der Waals surface area contributed by atoms with Crippen molar-refractivity contribution in [2.45, 2.75) is 26.0 Å². The number of aliphatic hydroxyl groups is 1. The Bertz CT molecular complexity index is 471. The molecule has 1 unspecified atom stereocenters. The third-order valence-electron chi connectivity index (χ3n) is 3.25. The molecule has 1 aliphatic carbocycles. The first kappa shape index (κ1) is 9.66. The molecule has 0 bridgehead atoms. The van der Waals surface area contributed by atoms with E-state index in [1.165, 1.54) is 0 Å². The lowest BCUT2D eigenvalue weighted by Gasteiger charge is -2.12. The zero-order valence-electron chi connectivity index (χ0n) is 9.04. The van der Waals surface area contributed by atoms with Crippen LogP contribution < -0.4 is 5.32 Å². The van der Waals surface area contributed by atoms with Gasteiger partial charge in [0.1, 0.15) is 18.6 Å². The fourth-order valence-corrected chi connectivity index (χ4v) is 2.40. The van der Waals surface area contributed by atoms with Gasteiger partial charge in [0, 0.05) is 23.8 Å². The van der Waals surface area contributed by atoms with Crippen LogP contribution in [-0.2, 0) is 9.53 Å². The summed E-state index contributed by atoms with van der Waals surface area (Å²) in [5, 5.41) is 12.3. The van der Waals surface area contributed by atoms with E-state index in [0.29, 0.717) is 30.1 Å². The second-order valence-electron chi connectivity index (χ2n) is 4.21. The van der Waals surface area contributed by atoms with E-state index >= 15 is 0 Å². The second-order valence-corrected chi connectivity index (χ2v) is 4.21. The Morgan fingerprint density at radius 3 is 3.19 bits per heavy atom. The summed E-state index contributed by atoms with van der Waals surface area (Å²) in [6.45, 7) is 2.54. The monoisotopic (exact) mass is 219 g/mol. The Hall–Kier alpha value is -1.55. The highest BCUT2D eigenvalue weighted by molar-refractivity contribution is 6.14. The largest absolute Gasteiger partial charge is 0.488 e. The Balaban J connectivity index is 2.08. The van der Waals surface area contributed by atoms with Gasteiger partial charge in [-0.1, -0.05) is 6.92 Å². The summed E-state index contributed by atoms with van der Waals surface area (Å²) in [5.74, 6) is 0.674.